The van der Waals surface area contributed by atoms with Gasteiger partial charge in [-0.1, -0.05) is 32.1 Å². The summed E-state index contributed by atoms with van der Waals surface area (Å²) in [6.07, 6.45) is 9.91. The quantitative estimate of drug-likeness (QED) is 0.490. The zero-order valence-electron chi connectivity index (χ0n) is 7.06. The van der Waals surface area contributed by atoms with Crippen LogP contribution >= 0.6 is 11.6 Å². The monoisotopic (exact) mass is 172 g/mol. The van der Waals surface area contributed by atoms with E-state index in [1.165, 1.54) is 44.9 Å². The van der Waals surface area contributed by atoms with Crippen LogP contribution in [0.1, 0.15) is 44.9 Å². The van der Waals surface area contributed by atoms with Gasteiger partial charge in [-0.05, 0) is 24.7 Å². The zero-order chi connectivity index (χ0) is 7.68. The molecule has 0 radical (unpaired) electrons. The summed E-state index contributed by atoms with van der Waals surface area (Å²) in [5.41, 5.74) is 0. The summed E-state index contributed by atoms with van der Waals surface area (Å²) in [4.78, 5) is 0. The van der Waals surface area contributed by atoms with Gasteiger partial charge in [-0.2, -0.15) is 0 Å². The predicted molar refractivity (Wildman–Crippen MR) is 48.9 cm³/mol. The molecule has 0 nitrogen and oxygen atoms in total. The lowest BCUT2D eigenvalue weighted by atomic mass is 9.71. The third-order valence-electron chi connectivity index (χ3n) is 3.49. The molecule has 1 heteroatoms. The molecule has 0 saturated heterocycles. The van der Waals surface area contributed by atoms with Crippen LogP contribution < -0.4 is 0 Å². The van der Waals surface area contributed by atoms with Crippen molar-refractivity contribution in [1.29, 1.82) is 0 Å². The van der Waals surface area contributed by atoms with E-state index in [1.807, 2.05) is 0 Å². The van der Waals surface area contributed by atoms with Crippen molar-refractivity contribution in [1.82, 2.24) is 0 Å². The van der Waals surface area contributed by atoms with E-state index < -0.39 is 0 Å². The van der Waals surface area contributed by atoms with Crippen molar-refractivity contribution in [3.05, 3.63) is 0 Å². The zero-order valence-corrected chi connectivity index (χ0v) is 7.82. The van der Waals surface area contributed by atoms with E-state index in [1.54, 1.807) is 0 Å². The Hall–Kier alpha value is 0.290. The molecule has 0 aromatic carbocycles. The number of rotatable bonds is 0. The summed E-state index contributed by atoms with van der Waals surface area (Å²) in [6, 6.07) is 0. The summed E-state index contributed by atoms with van der Waals surface area (Å²) in [7, 11) is 0. The summed E-state index contributed by atoms with van der Waals surface area (Å²) < 4.78 is 0. The molecular formula is C10H17Cl. The Morgan fingerprint density at radius 1 is 0.818 bits per heavy atom. The fourth-order valence-electron chi connectivity index (χ4n) is 2.86. The highest BCUT2D eigenvalue weighted by atomic mass is 35.5. The molecule has 2 aliphatic carbocycles. The van der Waals surface area contributed by atoms with Crippen LogP contribution in [-0.4, -0.2) is 5.38 Å². The first kappa shape index (κ1) is 7.91. The highest BCUT2D eigenvalue weighted by molar-refractivity contribution is 6.20. The minimum Gasteiger partial charge on any atom is -0.123 e. The van der Waals surface area contributed by atoms with Crippen molar-refractivity contribution in [2.45, 2.75) is 50.3 Å². The fourth-order valence-corrected chi connectivity index (χ4v) is 3.35. The van der Waals surface area contributed by atoms with Gasteiger partial charge >= 0.3 is 0 Å². The lowest BCUT2D eigenvalue weighted by Gasteiger charge is -2.38. The van der Waals surface area contributed by atoms with E-state index in [2.05, 4.69) is 0 Å². The maximum Gasteiger partial charge on any atom is 0.0366 e. The minimum atomic E-state index is 0.522. The maximum atomic E-state index is 6.29. The first-order chi connectivity index (χ1) is 5.38. The SMILES string of the molecule is ClC1CCC[C@@H]2CCCC[C@H]12. The normalized spacial score (nSPS) is 45.0. The van der Waals surface area contributed by atoms with Gasteiger partial charge in [0.25, 0.3) is 0 Å². The lowest BCUT2D eigenvalue weighted by Crippen LogP contribution is -2.31. The van der Waals surface area contributed by atoms with Crippen molar-refractivity contribution in [2.75, 3.05) is 0 Å². The van der Waals surface area contributed by atoms with Crippen LogP contribution in [0.2, 0.25) is 0 Å². The molecule has 0 heterocycles. The van der Waals surface area contributed by atoms with Crippen LogP contribution in [0, 0.1) is 11.8 Å². The molecule has 0 N–H and O–H groups in total. The molecule has 0 bridgehead atoms. The van der Waals surface area contributed by atoms with Crippen molar-refractivity contribution in [3.8, 4) is 0 Å². The number of hydrogen-bond acceptors (Lipinski definition) is 0. The molecule has 0 aliphatic heterocycles. The number of fused-ring (bicyclic) bond motifs is 1. The van der Waals surface area contributed by atoms with E-state index in [0.29, 0.717) is 5.38 Å². The van der Waals surface area contributed by atoms with Gasteiger partial charge in [0, 0.05) is 5.38 Å². The summed E-state index contributed by atoms with van der Waals surface area (Å²) in [5.74, 6) is 1.89. The Balaban J connectivity index is 1.99. The molecule has 1 unspecified atom stereocenters. The molecular weight excluding hydrogens is 156 g/mol. The summed E-state index contributed by atoms with van der Waals surface area (Å²) >= 11 is 6.29. The Morgan fingerprint density at radius 2 is 1.55 bits per heavy atom. The van der Waals surface area contributed by atoms with Gasteiger partial charge in [-0.3, -0.25) is 0 Å². The average molecular weight is 173 g/mol. The molecule has 64 valence electrons. The lowest BCUT2D eigenvalue weighted by molar-refractivity contribution is 0.176. The van der Waals surface area contributed by atoms with Gasteiger partial charge in [-0.15, -0.1) is 11.6 Å². The highest BCUT2D eigenvalue weighted by Gasteiger charge is 2.33. The molecule has 0 aromatic heterocycles. The smallest absolute Gasteiger partial charge is 0.0366 e. The molecule has 3 atom stereocenters. The van der Waals surface area contributed by atoms with Crippen LogP contribution in [0.5, 0.6) is 0 Å². The molecule has 2 saturated carbocycles. The first-order valence-electron chi connectivity index (χ1n) is 5.02. The second-order valence-electron chi connectivity index (χ2n) is 4.16. The summed E-state index contributed by atoms with van der Waals surface area (Å²) in [6.45, 7) is 0. The Morgan fingerprint density at radius 3 is 2.36 bits per heavy atom. The van der Waals surface area contributed by atoms with E-state index in [9.17, 15) is 0 Å². The third-order valence-corrected chi connectivity index (χ3v) is 4.03. The number of halogens is 1. The standard InChI is InChI=1S/C10H17Cl/c11-10-7-3-5-8-4-1-2-6-9(8)10/h8-10H,1-7H2/t8-,9-,10?/m0/s1. The van der Waals surface area contributed by atoms with Crippen molar-refractivity contribution >= 4 is 11.6 Å². The van der Waals surface area contributed by atoms with Gasteiger partial charge < -0.3 is 0 Å². The Kier molecular flexibility index (Phi) is 2.41. The van der Waals surface area contributed by atoms with E-state index in [-0.39, 0.29) is 0 Å². The largest absolute Gasteiger partial charge is 0.123 e. The summed E-state index contributed by atoms with van der Waals surface area (Å²) in [5, 5.41) is 0.522. The van der Waals surface area contributed by atoms with Gasteiger partial charge in [0.05, 0.1) is 0 Å². The predicted octanol–water partition coefficient (Wildman–Crippen LogP) is 3.58. The highest BCUT2D eigenvalue weighted by Crippen LogP contribution is 2.42. The second-order valence-corrected chi connectivity index (χ2v) is 4.72. The van der Waals surface area contributed by atoms with E-state index in [0.717, 1.165) is 11.8 Å². The number of hydrogen-bond donors (Lipinski definition) is 0. The Labute approximate surface area is 74.3 Å². The van der Waals surface area contributed by atoms with E-state index in [4.69, 9.17) is 11.6 Å². The van der Waals surface area contributed by atoms with Crippen LogP contribution in [0.4, 0.5) is 0 Å². The number of alkyl halides is 1. The van der Waals surface area contributed by atoms with Crippen molar-refractivity contribution < 1.29 is 0 Å². The van der Waals surface area contributed by atoms with Crippen LogP contribution in [0.3, 0.4) is 0 Å². The van der Waals surface area contributed by atoms with Gasteiger partial charge in [0.15, 0.2) is 0 Å². The molecule has 0 spiro atoms. The minimum absolute atomic E-state index is 0.522. The van der Waals surface area contributed by atoms with Crippen molar-refractivity contribution in [3.63, 3.8) is 0 Å². The molecule has 2 fully saturated rings. The van der Waals surface area contributed by atoms with E-state index >= 15 is 0 Å². The van der Waals surface area contributed by atoms with Crippen molar-refractivity contribution in [2.24, 2.45) is 11.8 Å². The fraction of sp³-hybridized carbons (Fsp3) is 1.00. The molecule has 0 aromatic rings. The third kappa shape index (κ3) is 1.56. The average Bonchev–Trinajstić information content (AvgIpc) is 2.06. The first-order valence-corrected chi connectivity index (χ1v) is 5.45. The molecule has 0 amide bonds. The maximum absolute atomic E-state index is 6.29. The van der Waals surface area contributed by atoms with Crippen LogP contribution in [0.15, 0.2) is 0 Å². The van der Waals surface area contributed by atoms with Gasteiger partial charge in [-0.25, -0.2) is 0 Å². The van der Waals surface area contributed by atoms with Gasteiger partial charge in [0.1, 0.15) is 0 Å². The van der Waals surface area contributed by atoms with Crippen LogP contribution in [-0.2, 0) is 0 Å². The Bertz CT molecular complexity index is 131. The van der Waals surface area contributed by atoms with Gasteiger partial charge in [0.2, 0.25) is 0 Å². The van der Waals surface area contributed by atoms with Crippen LogP contribution in [0.25, 0.3) is 0 Å². The topological polar surface area (TPSA) is 0 Å². The molecule has 2 rings (SSSR count). The molecule has 2 aliphatic rings. The second kappa shape index (κ2) is 3.35. The molecule has 11 heavy (non-hydrogen) atoms.